The summed E-state index contributed by atoms with van der Waals surface area (Å²) < 4.78 is 5.92. The quantitative estimate of drug-likeness (QED) is 0.664. The zero-order valence-electron chi connectivity index (χ0n) is 8.09. The lowest BCUT2D eigenvalue weighted by Crippen LogP contribution is -2.53. The minimum atomic E-state index is 0.159. The summed E-state index contributed by atoms with van der Waals surface area (Å²) in [7, 11) is 0. The van der Waals surface area contributed by atoms with Crippen molar-refractivity contribution in [2.75, 3.05) is 19.8 Å². The van der Waals surface area contributed by atoms with Gasteiger partial charge in [0.25, 0.3) is 0 Å². The first-order chi connectivity index (χ1) is 6.35. The van der Waals surface area contributed by atoms with Crippen LogP contribution in [0.4, 0.5) is 0 Å². The fraction of sp³-hybridized carbons (Fsp3) is 1.00. The van der Waals surface area contributed by atoms with Crippen LogP contribution in [0.15, 0.2) is 0 Å². The van der Waals surface area contributed by atoms with Crippen molar-refractivity contribution >= 4 is 0 Å². The van der Waals surface area contributed by atoms with E-state index in [0.717, 1.165) is 19.6 Å². The Morgan fingerprint density at radius 1 is 1.38 bits per heavy atom. The summed E-state index contributed by atoms with van der Waals surface area (Å²) in [4.78, 5) is 0. The molecule has 0 aromatic heterocycles. The summed E-state index contributed by atoms with van der Waals surface area (Å²) in [6.45, 7) is 2.02. The highest BCUT2D eigenvalue weighted by molar-refractivity contribution is 4.93. The monoisotopic (exact) mass is 185 g/mol. The molecule has 1 heterocycles. The molecule has 1 aliphatic heterocycles. The molecule has 0 amide bonds. The van der Waals surface area contributed by atoms with E-state index in [1.54, 1.807) is 0 Å². The molecule has 0 aromatic carbocycles. The largest absolute Gasteiger partial charge is 0.396 e. The van der Waals surface area contributed by atoms with Crippen LogP contribution in [0.1, 0.15) is 32.1 Å². The molecule has 2 aliphatic rings. The van der Waals surface area contributed by atoms with Crippen LogP contribution in [-0.4, -0.2) is 36.5 Å². The maximum absolute atomic E-state index is 8.78. The first-order valence-electron chi connectivity index (χ1n) is 5.33. The van der Waals surface area contributed by atoms with Gasteiger partial charge in [-0.25, -0.2) is 0 Å². The minimum absolute atomic E-state index is 0.159. The third-order valence-electron chi connectivity index (χ3n) is 3.30. The third kappa shape index (κ3) is 2.03. The molecule has 3 heteroatoms. The molecule has 1 spiro atoms. The van der Waals surface area contributed by atoms with Crippen molar-refractivity contribution in [2.24, 2.45) is 0 Å². The fourth-order valence-electron chi connectivity index (χ4n) is 2.40. The number of aliphatic hydroxyl groups is 1. The van der Waals surface area contributed by atoms with Crippen LogP contribution in [0.25, 0.3) is 0 Å². The maximum atomic E-state index is 8.78. The number of hydrogen-bond acceptors (Lipinski definition) is 3. The average Bonchev–Trinajstić information content (AvgIpc) is 2.59. The maximum Gasteiger partial charge on any atom is 0.0807 e. The van der Waals surface area contributed by atoms with Gasteiger partial charge in [-0.3, -0.25) is 0 Å². The molecule has 1 aliphatic carbocycles. The molecule has 2 fully saturated rings. The van der Waals surface area contributed by atoms with Crippen LogP contribution in [0.5, 0.6) is 0 Å². The molecule has 0 radical (unpaired) electrons. The highest BCUT2D eigenvalue weighted by Crippen LogP contribution is 2.34. The van der Waals surface area contributed by atoms with E-state index in [0.29, 0.717) is 6.04 Å². The number of nitrogens with one attached hydrogen (secondary N) is 1. The summed E-state index contributed by atoms with van der Waals surface area (Å²) in [5, 5.41) is 12.2. The van der Waals surface area contributed by atoms with Gasteiger partial charge in [0.15, 0.2) is 0 Å². The van der Waals surface area contributed by atoms with Gasteiger partial charge in [0.2, 0.25) is 0 Å². The summed E-state index contributed by atoms with van der Waals surface area (Å²) >= 11 is 0. The van der Waals surface area contributed by atoms with Crippen LogP contribution in [0, 0.1) is 0 Å². The second-order valence-corrected chi connectivity index (χ2v) is 4.29. The van der Waals surface area contributed by atoms with Gasteiger partial charge >= 0.3 is 0 Å². The molecule has 0 aromatic rings. The van der Waals surface area contributed by atoms with Crippen LogP contribution in [0.3, 0.4) is 0 Å². The van der Waals surface area contributed by atoms with Crippen molar-refractivity contribution in [3.05, 3.63) is 0 Å². The van der Waals surface area contributed by atoms with Gasteiger partial charge in [-0.15, -0.1) is 0 Å². The Morgan fingerprint density at radius 2 is 2.15 bits per heavy atom. The van der Waals surface area contributed by atoms with Crippen molar-refractivity contribution in [2.45, 2.75) is 43.7 Å². The lowest BCUT2D eigenvalue weighted by Gasteiger charge is -2.38. The van der Waals surface area contributed by atoms with Crippen molar-refractivity contribution in [1.82, 2.24) is 5.32 Å². The Balaban J connectivity index is 1.81. The zero-order valence-corrected chi connectivity index (χ0v) is 8.09. The van der Waals surface area contributed by atoms with E-state index in [9.17, 15) is 0 Å². The molecule has 2 rings (SSSR count). The van der Waals surface area contributed by atoms with Crippen LogP contribution in [0.2, 0.25) is 0 Å². The van der Waals surface area contributed by atoms with Crippen molar-refractivity contribution in [3.8, 4) is 0 Å². The van der Waals surface area contributed by atoms with Crippen molar-refractivity contribution in [1.29, 1.82) is 0 Å². The van der Waals surface area contributed by atoms with Gasteiger partial charge < -0.3 is 15.2 Å². The standard InChI is InChI=1S/C10H19NO2/c12-6-3-9-7-13-10(8-11-9)4-1-2-5-10/h9,11-12H,1-8H2. The zero-order chi connectivity index (χ0) is 9.15. The Hall–Kier alpha value is -0.120. The normalized spacial score (nSPS) is 32.5. The molecule has 1 saturated carbocycles. The van der Waals surface area contributed by atoms with Crippen LogP contribution < -0.4 is 5.32 Å². The lowest BCUT2D eigenvalue weighted by atomic mass is 9.99. The van der Waals surface area contributed by atoms with Crippen molar-refractivity contribution < 1.29 is 9.84 Å². The smallest absolute Gasteiger partial charge is 0.0807 e. The van der Waals surface area contributed by atoms with E-state index in [-0.39, 0.29) is 12.2 Å². The van der Waals surface area contributed by atoms with Crippen molar-refractivity contribution in [3.63, 3.8) is 0 Å². The second kappa shape index (κ2) is 3.95. The van der Waals surface area contributed by atoms with Crippen LogP contribution in [-0.2, 0) is 4.74 Å². The summed E-state index contributed by atoms with van der Waals surface area (Å²) in [6.07, 6.45) is 5.87. The number of morpholine rings is 1. The highest BCUT2D eigenvalue weighted by Gasteiger charge is 2.38. The summed E-state index contributed by atoms with van der Waals surface area (Å²) in [6, 6.07) is 0.372. The number of aliphatic hydroxyl groups excluding tert-OH is 1. The average molecular weight is 185 g/mol. The van der Waals surface area contributed by atoms with E-state index in [1.807, 2.05) is 0 Å². The Bertz CT molecular complexity index is 156. The second-order valence-electron chi connectivity index (χ2n) is 4.29. The molecule has 13 heavy (non-hydrogen) atoms. The molecule has 2 N–H and O–H groups in total. The SMILES string of the molecule is OCCC1COC2(CCCC2)CN1. The first-order valence-corrected chi connectivity index (χ1v) is 5.33. The van der Waals surface area contributed by atoms with Gasteiger partial charge in [-0.05, 0) is 19.3 Å². The van der Waals surface area contributed by atoms with E-state index >= 15 is 0 Å². The first kappa shape index (κ1) is 9.44. The number of hydrogen-bond donors (Lipinski definition) is 2. The molecule has 3 nitrogen and oxygen atoms in total. The predicted molar refractivity (Wildman–Crippen MR) is 50.6 cm³/mol. The van der Waals surface area contributed by atoms with E-state index < -0.39 is 0 Å². The molecule has 76 valence electrons. The Morgan fingerprint density at radius 3 is 2.69 bits per heavy atom. The topological polar surface area (TPSA) is 41.5 Å². The predicted octanol–water partition coefficient (Wildman–Crippen LogP) is 0.670. The number of ether oxygens (including phenoxy) is 1. The number of rotatable bonds is 2. The van der Waals surface area contributed by atoms with Crippen LogP contribution >= 0.6 is 0 Å². The summed E-state index contributed by atoms with van der Waals surface area (Å²) in [5.74, 6) is 0. The highest BCUT2D eigenvalue weighted by atomic mass is 16.5. The molecule has 1 atom stereocenters. The van der Waals surface area contributed by atoms with E-state index in [1.165, 1.54) is 25.7 Å². The van der Waals surface area contributed by atoms with Gasteiger partial charge in [-0.2, -0.15) is 0 Å². The molecular formula is C10H19NO2. The Kier molecular flexibility index (Phi) is 2.86. The molecule has 0 bridgehead atoms. The minimum Gasteiger partial charge on any atom is -0.396 e. The van der Waals surface area contributed by atoms with Gasteiger partial charge in [0.05, 0.1) is 12.2 Å². The Labute approximate surface area is 79.5 Å². The summed E-state index contributed by atoms with van der Waals surface area (Å²) in [5.41, 5.74) is 0.159. The third-order valence-corrected chi connectivity index (χ3v) is 3.30. The lowest BCUT2D eigenvalue weighted by molar-refractivity contribution is -0.0806. The van der Waals surface area contributed by atoms with Gasteiger partial charge in [0.1, 0.15) is 0 Å². The van der Waals surface area contributed by atoms with Gasteiger partial charge in [0, 0.05) is 19.2 Å². The molecular weight excluding hydrogens is 166 g/mol. The van der Waals surface area contributed by atoms with E-state index in [4.69, 9.17) is 9.84 Å². The fourth-order valence-corrected chi connectivity index (χ4v) is 2.40. The van der Waals surface area contributed by atoms with Gasteiger partial charge in [-0.1, -0.05) is 12.8 Å². The molecule has 1 unspecified atom stereocenters. The molecule has 1 saturated heterocycles. The van der Waals surface area contributed by atoms with E-state index in [2.05, 4.69) is 5.32 Å².